The molecule has 126 valence electrons. The molecule has 0 saturated carbocycles. The van der Waals surface area contributed by atoms with E-state index >= 15 is 0 Å². The van der Waals surface area contributed by atoms with E-state index in [2.05, 4.69) is 5.32 Å². The maximum atomic E-state index is 13.1. The molecule has 1 heterocycles. The predicted octanol–water partition coefficient (Wildman–Crippen LogP) is 3.31. The lowest BCUT2D eigenvalue weighted by Gasteiger charge is -2.14. The van der Waals surface area contributed by atoms with Gasteiger partial charge in [0, 0.05) is 12.6 Å². The zero-order valence-electron chi connectivity index (χ0n) is 13.0. The number of amides is 3. The van der Waals surface area contributed by atoms with Crippen LogP contribution in [0.3, 0.4) is 0 Å². The molecule has 2 aromatic rings. The van der Waals surface area contributed by atoms with E-state index in [0.717, 1.165) is 17.0 Å². The molecule has 1 N–H and O–H groups in total. The molecule has 5 nitrogen and oxygen atoms in total. The second-order valence-corrected chi connectivity index (χ2v) is 5.75. The van der Waals surface area contributed by atoms with Crippen molar-refractivity contribution >= 4 is 46.3 Å². The summed E-state index contributed by atoms with van der Waals surface area (Å²) in [6.45, 7) is 1.38. The number of anilines is 2. The molecule has 0 unspecified atom stereocenters. The second kappa shape index (κ2) is 6.49. The Hall–Kier alpha value is -2.99. The van der Waals surface area contributed by atoms with Crippen LogP contribution in [0.1, 0.15) is 12.5 Å². The maximum Gasteiger partial charge on any atom is 0.277 e. The molecule has 0 radical (unpaired) electrons. The highest BCUT2D eigenvalue weighted by Gasteiger charge is 2.39. The topological polar surface area (TPSA) is 66.5 Å². The molecule has 0 aromatic heterocycles. The summed E-state index contributed by atoms with van der Waals surface area (Å²) in [6, 6.07) is 11.4. The fourth-order valence-electron chi connectivity index (χ4n) is 2.50. The third-order valence-electron chi connectivity index (χ3n) is 3.61. The van der Waals surface area contributed by atoms with Crippen LogP contribution in [0.2, 0.25) is 0 Å². The van der Waals surface area contributed by atoms with Gasteiger partial charge in [-0.1, -0.05) is 23.7 Å². The summed E-state index contributed by atoms with van der Waals surface area (Å²) >= 11 is 6.08. The summed E-state index contributed by atoms with van der Waals surface area (Å²) in [4.78, 5) is 37.0. The van der Waals surface area contributed by atoms with E-state index < -0.39 is 17.6 Å². The highest BCUT2D eigenvalue weighted by Crippen LogP contribution is 2.35. The maximum absolute atomic E-state index is 13.1. The van der Waals surface area contributed by atoms with Gasteiger partial charge in [-0.3, -0.25) is 14.4 Å². The molecule has 2 aromatic carbocycles. The summed E-state index contributed by atoms with van der Waals surface area (Å²) < 4.78 is 13.1. The summed E-state index contributed by atoms with van der Waals surface area (Å²) in [6.07, 6.45) is 0. The molecule has 7 heteroatoms. The lowest BCUT2D eigenvalue weighted by Crippen LogP contribution is -2.31. The summed E-state index contributed by atoms with van der Waals surface area (Å²) in [5, 5.41) is 2.40. The third kappa shape index (κ3) is 3.16. The summed E-state index contributed by atoms with van der Waals surface area (Å²) in [5.41, 5.74) is 1.30. The van der Waals surface area contributed by atoms with Crippen molar-refractivity contribution in [1.29, 1.82) is 0 Å². The number of rotatable bonds is 3. The molecule has 0 bridgehead atoms. The van der Waals surface area contributed by atoms with Gasteiger partial charge in [-0.25, -0.2) is 9.29 Å². The number of carbonyl (C=O) groups excluding carboxylic acids is 3. The fraction of sp³-hybridized carbons (Fsp3) is 0.0556. The minimum Gasteiger partial charge on any atom is -0.326 e. The van der Waals surface area contributed by atoms with Crippen molar-refractivity contribution < 1.29 is 18.8 Å². The highest BCUT2D eigenvalue weighted by molar-refractivity contribution is 6.60. The number of carbonyl (C=O) groups is 3. The zero-order chi connectivity index (χ0) is 18.1. The van der Waals surface area contributed by atoms with Gasteiger partial charge in [0.15, 0.2) is 0 Å². The first kappa shape index (κ1) is 16.9. The van der Waals surface area contributed by atoms with E-state index in [9.17, 15) is 18.8 Å². The van der Waals surface area contributed by atoms with Gasteiger partial charge in [-0.2, -0.15) is 0 Å². The predicted molar refractivity (Wildman–Crippen MR) is 92.4 cm³/mol. The number of halogens is 2. The molecule has 25 heavy (non-hydrogen) atoms. The van der Waals surface area contributed by atoms with Crippen LogP contribution in [0.4, 0.5) is 15.8 Å². The molecule has 1 aliphatic heterocycles. The fourth-order valence-corrected chi connectivity index (χ4v) is 2.78. The first-order valence-electron chi connectivity index (χ1n) is 7.30. The zero-order valence-corrected chi connectivity index (χ0v) is 13.8. The molecular weight excluding hydrogens is 347 g/mol. The molecular formula is C18H12ClFN2O3. The first-order chi connectivity index (χ1) is 11.9. The van der Waals surface area contributed by atoms with Gasteiger partial charge in [0.1, 0.15) is 10.8 Å². The Kier molecular flexibility index (Phi) is 4.37. The van der Waals surface area contributed by atoms with Gasteiger partial charge in [0.2, 0.25) is 5.91 Å². The van der Waals surface area contributed by atoms with Crippen molar-refractivity contribution in [1.82, 2.24) is 0 Å². The van der Waals surface area contributed by atoms with Crippen molar-refractivity contribution in [2.75, 3.05) is 10.2 Å². The van der Waals surface area contributed by atoms with Gasteiger partial charge in [-0.05, 0) is 42.0 Å². The summed E-state index contributed by atoms with van der Waals surface area (Å²) in [5.74, 6) is -1.96. The van der Waals surface area contributed by atoms with Crippen molar-refractivity contribution in [3.05, 3.63) is 64.9 Å². The van der Waals surface area contributed by atoms with Gasteiger partial charge >= 0.3 is 0 Å². The van der Waals surface area contributed by atoms with Crippen LogP contribution in [0, 0.1) is 5.82 Å². The van der Waals surface area contributed by atoms with E-state index in [1.54, 1.807) is 24.3 Å². The normalized spacial score (nSPS) is 14.3. The van der Waals surface area contributed by atoms with E-state index in [0.29, 0.717) is 11.3 Å². The van der Waals surface area contributed by atoms with Crippen LogP contribution < -0.4 is 10.2 Å². The molecule has 3 amide bonds. The average molecular weight is 359 g/mol. The molecule has 1 aliphatic rings. The number of hydrogen-bond donors (Lipinski definition) is 1. The highest BCUT2D eigenvalue weighted by atomic mass is 35.5. The first-order valence-corrected chi connectivity index (χ1v) is 7.68. The Bertz CT molecular complexity index is 905. The Labute approximate surface area is 147 Å². The number of nitrogens with one attached hydrogen (secondary N) is 1. The van der Waals surface area contributed by atoms with E-state index in [1.807, 2.05) is 0 Å². The van der Waals surface area contributed by atoms with E-state index in [4.69, 9.17) is 11.6 Å². The molecule has 0 saturated heterocycles. The second-order valence-electron chi connectivity index (χ2n) is 5.37. The SMILES string of the molecule is CC(=O)Nc1ccc(C2=C(Cl)C(=O)N(c3ccc(F)cc3)C2=O)cc1. The lowest BCUT2D eigenvalue weighted by atomic mass is 10.1. The quantitative estimate of drug-likeness (QED) is 0.856. The molecule has 0 atom stereocenters. The number of nitrogens with zero attached hydrogens (tertiary/aromatic N) is 1. The van der Waals surface area contributed by atoms with Crippen molar-refractivity contribution in [2.45, 2.75) is 6.92 Å². The standard InChI is InChI=1S/C18H12ClFN2O3/c1-10(23)21-13-6-2-11(3-7-13)15-16(19)18(25)22(17(15)24)14-8-4-12(20)5-9-14/h2-9H,1H3,(H,21,23). The van der Waals surface area contributed by atoms with Crippen LogP contribution in [-0.2, 0) is 14.4 Å². The number of benzene rings is 2. The smallest absolute Gasteiger partial charge is 0.277 e. The number of hydrogen-bond acceptors (Lipinski definition) is 3. The van der Waals surface area contributed by atoms with E-state index in [1.165, 1.54) is 19.1 Å². The van der Waals surface area contributed by atoms with Crippen LogP contribution in [-0.4, -0.2) is 17.7 Å². The van der Waals surface area contributed by atoms with Crippen LogP contribution in [0.25, 0.3) is 5.57 Å². The average Bonchev–Trinajstić information content (AvgIpc) is 2.79. The Morgan fingerprint density at radius 3 is 2.16 bits per heavy atom. The number of imide groups is 1. The Balaban J connectivity index is 1.94. The monoisotopic (exact) mass is 358 g/mol. The Morgan fingerprint density at radius 2 is 1.60 bits per heavy atom. The van der Waals surface area contributed by atoms with Crippen LogP contribution in [0.5, 0.6) is 0 Å². The lowest BCUT2D eigenvalue weighted by molar-refractivity contribution is -0.120. The van der Waals surface area contributed by atoms with Gasteiger partial charge in [-0.15, -0.1) is 0 Å². The minimum atomic E-state index is -0.667. The molecule has 0 fully saturated rings. The molecule has 3 rings (SSSR count). The third-order valence-corrected chi connectivity index (χ3v) is 3.96. The van der Waals surface area contributed by atoms with Gasteiger partial charge < -0.3 is 5.32 Å². The summed E-state index contributed by atoms with van der Waals surface area (Å²) in [7, 11) is 0. The van der Waals surface area contributed by atoms with Gasteiger partial charge in [0.05, 0.1) is 11.3 Å². The molecule has 0 spiro atoms. The van der Waals surface area contributed by atoms with E-state index in [-0.39, 0.29) is 22.2 Å². The Morgan fingerprint density at radius 1 is 1.00 bits per heavy atom. The van der Waals surface area contributed by atoms with Crippen LogP contribution >= 0.6 is 11.6 Å². The minimum absolute atomic E-state index is 0.0605. The van der Waals surface area contributed by atoms with Crippen LogP contribution in [0.15, 0.2) is 53.6 Å². The van der Waals surface area contributed by atoms with Crippen molar-refractivity contribution in [2.24, 2.45) is 0 Å². The van der Waals surface area contributed by atoms with Crippen molar-refractivity contribution in [3.8, 4) is 0 Å². The van der Waals surface area contributed by atoms with Crippen molar-refractivity contribution in [3.63, 3.8) is 0 Å². The van der Waals surface area contributed by atoms with Gasteiger partial charge in [0.25, 0.3) is 11.8 Å². The largest absolute Gasteiger partial charge is 0.326 e. The molecule has 0 aliphatic carbocycles.